The highest BCUT2D eigenvalue weighted by molar-refractivity contribution is 9.10. The molecule has 1 aromatic heterocycles. The zero-order chi connectivity index (χ0) is 16.2. The Labute approximate surface area is 147 Å². The molecular formula is C17H16BrN3OS. The van der Waals surface area contributed by atoms with Crippen LogP contribution in [0.5, 0.6) is 0 Å². The largest absolute Gasteiger partial charge is 0.325 e. The highest BCUT2D eigenvalue weighted by Crippen LogP contribution is 2.24. The summed E-state index contributed by atoms with van der Waals surface area (Å²) in [5.74, 6) is 0.298. The van der Waals surface area contributed by atoms with Gasteiger partial charge in [0.15, 0.2) is 5.16 Å². The standard InChI is InChI=1S/C17H16BrN3OS/c1-2-21-15-6-4-3-5-14(15)20-17(21)23-11-16(22)19-13-9-7-12(18)8-10-13/h3-10H,2,11H2,1H3,(H,19,22). The van der Waals surface area contributed by atoms with Crippen LogP contribution in [0, 0.1) is 0 Å². The summed E-state index contributed by atoms with van der Waals surface area (Å²) in [6, 6.07) is 15.6. The number of hydrogen-bond acceptors (Lipinski definition) is 3. The molecule has 0 aliphatic rings. The maximum atomic E-state index is 12.1. The van der Waals surface area contributed by atoms with E-state index in [1.165, 1.54) is 11.8 Å². The van der Waals surface area contributed by atoms with Crippen LogP contribution in [0.1, 0.15) is 6.92 Å². The molecule has 0 spiro atoms. The molecule has 0 atom stereocenters. The maximum Gasteiger partial charge on any atom is 0.234 e. The number of anilines is 1. The zero-order valence-corrected chi connectivity index (χ0v) is 15.0. The van der Waals surface area contributed by atoms with Crippen molar-refractivity contribution in [1.29, 1.82) is 0 Å². The molecule has 4 nitrogen and oxygen atoms in total. The van der Waals surface area contributed by atoms with Gasteiger partial charge in [0, 0.05) is 16.7 Å². The number of nitrogens with zero attached hydrogens (tertiary/aromatic N) is 2. The maximum absolute atomic E-state index is 12.1. The van der Waals surface area contributed by atoms with Gasteiger partial charge in [-0.2, -0.15) is 0 Å². The Morgan fingerprint density at radius 3 is 2.70 bits per heavy atom. The van der Waals surface area contributed by atoms with Crippen molar-refractivity contribution in [2.24, 2.45) is 0 Å². The third kappa shape index (κ3) is 3.76. The van der Waals surface area contributed by atoms with Gasteiger partial charge in [0.05, 0.1) is 16.8 Å². The SMILES string of the molecule is CCn1c(SCC(=O)Nc2ccc(Br)cc2)nc2ccccc21. The number of amides is 1. The van der Waals surface area contributed by atoms with E-state index in [0.717, 1.165) is 32.9 Å². The molecule has 23 heavy (non-hydrogen) atoms. The molecule has 2 aromatic carbocycles. The van der Waals surface area contributed by atoms with Gasteiger partial charge in [-0.3, -0.25) is 4.79 Å². The van der Waals surface area contributed by atoms with Crippen molar-refractivity contribution in [2.75, 3.05) is 11.1 Å². The molecule has 0 aliphatic heterocycles. The molecule has 1 heterocycles. The number of thioether (sulfide) groups is 1. The molecule has 6 heteroatoms. The fourth-order valence-electron chi connectivity index (χ4n) is 2.33. The van der Waals surface area contributed by atoms with Gasteiger partial charge in [-0.15, -0.1) is 0 Å². The smallest absolute Gasteiger partial charge is 0.234 e. The first-order valence-electron chi connectivity index (χ1n) is 7.31. The number of aryl methyl sites for hydroxylation is 1. The number of carbonyl (C=O) groups excluding carboxylic acids is 1. The Kier molecular flexibility index (Phi) is 5.03. The monoisotopic (exact) mass is 389 g/mol. The van der Waals surface area contributed by atoms with Crippen molar-refractivity contribution in [2.45, 2.75) is 18.6 Å². The molecular weight excluding hydrogens is 374 g/mol. The third-order valence-corrected chi connectivity index (χ3v) is 4.90. The minimum absolute atomic E-state index is 0.0352. The number of halogens is 1. The number of nitrogens with one attached hydrogen (secondary N) is 1. The van der Waals surface area contributed by atoms with Crippen molar-refractivity contribution in [3.8, 4) is 0 Å². The second kappa shape index (κ2) is 7.19. The van der Waals surface area contributed by atoms with E-state index in [-0.39, 0.29) is 5.91 Å². The fraction of sp³-hybridized carbons (Fsp3) is 0.176. The lowest BCUT2D eigenvalue weighted by Crippen LogP contribution is -2.14. The molecule has 0 radical (unpaired) electrons. The van der Waals surface area contributed by atoms with E-state index in [4.69, 9.17) is 0 Å². The lowest BCUT2D eigenvalue weighted by molar-refractivity contribution is -0.113. The van der Waals surface area contributed by atoms with Crippen LogP contribution < -0.4 is 5.32 Å². The number of hydrogen-bond donors (Lipinski definition) is 1. The Morgan fingerprint density at radius 1 is 1.22 bits per heavy atom. The van der Waals surface area contributed by atoms with Crippen molar-refractivity contribution in [3.63, 3.8) is 0 Å². The molecule has 0 aliphatic carbocycles. The number of benzene rings is 2. The summed E-state index contributed by atoms with van der Waals surface area (Å²) in [6.07, 6.45) is 0. The number of aromatic nitrogens is 2. The average molecular weight is 390 g/mol. The van der Waals surface area contributed by atoms with Gasteiger partial charge in [-0.25, -0.2) is 4.98 Å². The topological polar surface area (TPSA) is 46.9 Å². The average Bonchev–Trinajstić information content (AvgIpc) is 2.92. The van der Waals surface area contributed by atoms with Crippen LogP contribution in [0.15, 0.2) is 58.2 Å². The first-order valence-corrected chi connectivity index (χ1v) is 9.08. The molecule has 118 valence electrons. The summed E-state index contributed by atoms with van der Waals surface area (Å²) in [5.41, 5.74) is 2.86. The van der Waals surface area contributed by atoms with E-state index < -0.39 is 0 Å². The Balaban J connectivity index is 1.68. The highest BCUT2D eigenvalue weighted by Gasteiger charge is 2.11. The number of para-hydroxylation sites is 2. The van der Waals surface area contributed by atoms with Crippen LogP contribution in [0.3, 0.4) is 0 Å². The minimum atomic E-state index is -0.0352. The van der Waals surface area contributed by atoms with Crippen molar-refractivity contribution >= 4 is 50.3 Å². The summed E-state index contributed by atoms with van der Waals surface area (Å²) in [5, 5.41) is 3.77. The van der Waals surface area contributed by atoms with Gasteiger partial charge in [0.2, 0.25) is 5.91 Å². The zero-order valence-electron chi connectivity index (χ0n) is 12.6. The van der Waals surface area contributed by atoms with Gasteiger partial charge in [-0.05, 0) is 43.3 Å². The molecule has 0 bridgehead atoms. The predicted molar refractivity (Wildman–Crippen MR) is 98.9 cm³/mol. The number of imidazole rings is 1. The second-order valence-electron chi connectivity index (χ2n) is 4.97. The van der Waals surface area contributed by atoms with Crippen LogP contribution in [0.25, 0.3) is 11.0 Å². The third-order valence-electron chi connectivity index (χ3n) is 3.40. The lowest BCUT2D eigenvalue weighted by Gasteiger charge is -2.07. The first-order chi connectivity index (χ1) is 11.2. The molecule has 0 saturated carbocycles. The van der Waals surface area contributed by atoms with Crippen LogP contribution in [-0.4, -0.2) is 21.2 Å². The molecule has 3 aromatic rings. The Bertz CT molecular complexity index is 829. The molecule has 3 rings (SSSR count). The van der Waals surface area contributed by atoms with Crippen LogP contribution >= 0.6 is 27.7 Å². The number of rotatable bonds is 5. The Hall–Kier alpha value is -1.79. The molecule has 0 saturated heterocycles. The number of fused-ring (bicyclic) bond motifs is 1. The van der Waals surface area contributed by atoms with E-state index in [1.807, 2.05) is 42.5 Å². The van der Waals surface area contributed by atoms with E-state index in [2.05, 4.69) is 43.8 Å². The van der Waals surface area contributed by atoms with Crippen LogP contribution in [0.2, 0.25) is 0 Å². The normalized spacial score (nSPS) is 10.9. The lowest BCUT2D eigenvalue weighted by atomic mass is 10.3. The molecule has 0 unspecified atom stereocenters. The van der Waals surface area contributed by atoms with Gasteiger partial charge < -0.3 is 9.88 Å². The van der Waals surface area contributed by atoms with E-state index in [0.29, 0.717) is 5.75 Å². The predicted octanol–water partition coefficient (Wildman–Crippen LogP) is 4.55. The fourth-order valence-corrected chi connectivity index (χ4v) is 3.47. The summed E-state index contributed by atoms with van der Waals surface area (Å²) < 4.78 is 3.12. The van der Waals surface area contributed by atoms with E-state index in [1.54, 1.807) is 0 Å². The summed E-state index contributed by atoms with van der Waals surface area (Å²) in [4.78, 5) is 16.7. The number of carbonyl (C=O) groups is 1. The van der Waals surface area contributed by atoms with Crippen LogP contribution in [0.4, 0.5) is 5.69 Å². The second-order valence-corrected chi connectivity index (χ2v) is 6.83. The van der Waals surface area contributed by atoms with Gasteiger partial charge in [0.1, 0.15) is 0 Å². The van der Waals surface area contributed by atoms with E-state index in [9.17, 15) is 4.79 Å². The quantitative estimate of drug-likeness (QED) is 0.651. The highest BCUT2D eigenvalue weighted by atomic mass is 79.9. The molecule has 1 N–H and O–H groups in total. The Morgan fingerprint density at radius 2 is 1.96 bits per heavy atom. The van der Waals surface area contributed by atoms with E-state index >= 15 is 0 Å². The molecule has 1 amide bonds. The van der Waals surface area contributed by atoms with Crippen molar-refractivity contribution in [1.82, 2.24) is 9.55 Å². The first kappa shape index (κ1) is 16.1. The summed E-state index contributed by atoms with van der Waals surface area (Å²) >= 11 is 4.84. The van der Waals surface area contributed by atoms with Gasteiger partial charge in [0.25, 0.3) is 0 Å². The molecule has 0 fully saturated rings. The summed E-state index contributed by atoms with van der Waals surface area (Å²) in [6.45, 7) is 2.91. The van der Waals surface area contributed by atoms with Gasteiger partial charge >= 0.3 is 0 Å². The van der Waals surface area contributed by atoms with Crippen molar-refractivity contribution in [3.05, 3.63) is 53.0 Å². The minimum Gasteiger partial charge on any atom is -0.325 e. The summed E-state index contributed by atoms with van der Waals surface area (Å²) in [7, 11) is 0. The van der Waals surface area contributed by atoms with Crippen molar-refractivity contribution < 1.29 is 4.79 Å². The van der Waals surface area contributed by atoms with Gasteiger partial charge in [-0.1, -0.05) is 39.8 Å². The van der Waals surface area contributed by atoms with Crippen LogP contribution in [-0.2, 0) is 11.3 Å².